The summed E-state index contributed by atoms with van der Waals surface area (Å²) in [5.74, 6) is 0. The first-order chi connectivity index (χ1) is 13.8. The molecule has 5 nitrogen and oxygen atoms in total. The Morgan fingerprint density at radius 1 is 1.28 bits per heavy atom. The van der Waals surface area contributed by atoms with Crippen LogP contribution in [-0.4, -0.2) is 33.9 Å². The van der Waals surface area contributed by atoms with Crippen molar-refractivity contribution in [2.75, 3.05) is 18.6 Å². The fourth-order valence-corrected chi connectivity index (χ4v) is 5.78. The molecule has 4 rings (SSSR count). The molecule has 0 fully saturated rings. The van der Waals surface area contributed by atoms with E-state index in [1.165, 1.54) is 0 Å². The molecule has 0 saturated heterocycles. The zero-order valence-corrected chi connectivity index (χ0v) is 18.8. The molecule has 1 aliphatic heterocycles. The Morgan fingerprint density at radius 2 is 2.03 bits per heavy atom. The molecule has 0 amide bonds. The van der Waals surface area contributed by atoms with Crippen LogP contribution in [0.15, 0.2) is 46.5 Å². The molecule has 0 bridgehead atoms. The van der Waals surface area contributed by atoms with Gasteiger partial charge in [0.1, 0.15) is 10.8 Å². The second kappa shape index (κ2) is 7.26. The van der Waals surface area contributed by atoms with Gasteiger partial charge in [0.15, 0.2) is 0 Å². The van der Waals surface area contributed by atoms with Crippen molar-refractivity contribution < 1.29 is 8.95 Å². The minimum atomic E-state index is -1.42. The van der Waals surface area contributed by atoms with E-state index in [1.54, 1.807) is 7.11 Å². The number of hydrogen-bond acceptors (Lipinski definition) is 4. The Kier molecular flexibility index (Phi) is 5.03. The second-order valence-corrected chi connectivity index (χ2v) is 9.79. The summed E-state index contributed by atoms with van der Waals surface area (Å²) in [6, 6.07) is 12.3. The Labute approximate surface area is 174 Å². The van der Waals surface area contributed by atoms with Crippen molar-refractivity contribution in [1.29, 1.82) is 0 Å². The zero-order valence-electron chi connectivity index (χ0n) is 17.9. The molecule has 3 unspecified atom stereocenters. The van der Waals surface area contributed by atoms with Crippen molar-refractivity contribution in [3.63, 3.8) is 0 Å². The van der Waals surface area contributed by atoms with Gasteiger partial charge in [-0.15, -0.1) is 0 Å². The van der Waals surface area contributed by atoms with Gasteiger partial charge in [-0.3, -0.25) is 0 Å². The lowest BCUT2D eigenvalue weighted by Crippen LogP contribution is -2.51. The highest BCUT2D eigenvalue weighted by Crippen LogP contribution is 2.51. The lowest BCUT2D eigenvalue weighted by molar-refractivity contribution is -0.0141. The van der Waals surface area contributed by atoms with Crippen molar-refractivity contribution >= 4 is 27.5 Å². The van der Waals surface area contributed by atoms with Crippen LogP contribution < -0.4 is 4.90 Å². The van der Waals surface area contributed by atoms with E-state index in [1.807, 2.05) is 37.3 Å². The minimum absolute atomic E-state index is 0.0643. The first kappa shape index (κ1) is 20.1. The average molecular weight is 412 g/mol. The normalized spacial score (nSPS) is 21.9. The van der Waals surface area contributed by atoms with Gasteiger partial charge in [-0.05, 0) is 44.5 Å². The number of H-pyrrole nitrogens is 1. The summed E-state index contributed by atoms with van der Waals surface area (Å²) >= 11 is 0. The van der Waals surface area contributed by atoms with Gasteiger partial charge >= 0.3 is 0 Å². The van der Waals surface area contributed by atoms with E-state index in [2.05, 4.69) is 48.6 Å². The molecule has 6 heteroatoms. The van der Waals surface area contributed by atoms with E-state index in [0.29, 0.717) is 5.16 Å². The molecule has 2 heterocycles. The van der Waals surface area contributed by atoms with Gasteiger partial charge in [0.2, 0.25) is 5.16 Å². The van der Waals surface area contributed by atoms with Crippen LogP contribution in [0, 0.1) is 12.3 Å². The van der Waals surface area contributed by atoms with E-state index >= 15 is 0 Å². The summed E-state index contributed by atoms with van der Waals surface area (Å²) in [4.78, 5) is 11.0. The molecule has 3 aromatic rings. The van der Waals surface area contributed by atoms with Crippen LogP contribution in [0.1, 0.15) is 44.9 Å². The molecule has 0 saturated carbocycles. The number of nitrogens with one attached hydrogen (secondary N) is 1. The van der Waals surface area contributed by atoms with E-state index in [4.69, 9.17) is 4.74 Å². The van der Waals surface area contributed by atoms with Crippen LogP contribution in [-0.2, 0) is 15.5 Å². The molecular weight excluding hydrogens is 382 g/mol. The van der Waals surface area contributed by atoms with Crippen molar-refractivity contribution in [1.82, 2.24) is 9.97 Å². The Hall–Kier alpha value is -2.18. The maximum atomic E-state index is 13.6. The highest BCUT2D eigenvalue weighted by atomic mass is 32.2. The predicted molar refractivity (Wildman–Crippen MR) is 118 cm³/mol. The smallest absolute Gasteiger partial charge is 0.202 e. The van der Waals surface area contributed by atoms with Crippen LogP contribution in [0.3, 0.4) is 0 Å². The molecule has 29 heavy (non-hydrogen) atoms. The third kappa shape index (κ3) is 3.09. The van der Waals surface area contributed by atoms with Gasteiger partial charge in [-0.2, -0.15) is 0 Å². The number of anilines is 1. The van der Waals surface area contributed by atoms with Gasteiger partial charge in [-0.1, -0.05) is 32.0 Å². The Morgan fingerprint density at radius 3 is 2.72 bits per heavy atom. The maximum Gasteiger partial charge on any atom is 0.202 e. The van der Waals surface area contributed by atoms with Gasteiger partial charge < -0.3 is 14.6 Å². The Bertz CT molecular complexity index is 1090. The number of methoxy groups -OCH3 is 1. The van der Waals surface area contributed by atoms with Crippen LogP contribution in [0.5, 0.6) is 0 Å². The van der Waals surface area contributed by atoms with Gasteiger partial charge in [0.25, 0.3) is 0 Å². The summed E-state index contributed by atoms with van der Waals surface area (Å²) in [5, 5.41) is 0.488. The largest absolute Gasteiger partial charge is 0.376 e. The minimum Gasteiger partial charge on any atom is -0.376 e. The number of benzene rings is 2. The van der Waals surface area contributed by atoms with Gasteiger partial charge in [0.05, 0.1) is 27.7 Å². The van der Waals surface area contributed by atoms with E-state index in [-0.39, 0.29) is 17.6 Å². The van der Waals surface area contributed by atoms with Crippen LogP contribution in [0.2, 0.25) is 0 Å². The summed E-state index contributed by atoms with van der Waals surface area (Å²) in [7, 11) is 0.341. The summed E-state index contributed by atoms with van der Waals surface area (Å²) in [6.45, 7) is 11.7. The lowest BCUT2D eigenvalue weighted by atomic mass is 9.72. The first-order valence-electron chi connectivity index (χ1n) is 10.1. The third-order valence-corrected chi connectivity index (χ3v) is 7.66. The molecule has 154 valence electrons. The fourth-order valence-electron chi connectivity index (χ4n) is 4.58. The molecule has 0 spiro atoms. The predicted octanol–water partition coefficient (Wildman–Crippen LogP) is 4.98. The molecule has 1 aliphatic rings. The van der Waals surface area contributed by atoms with Crippen LogP contribution in [0.25, 0.3) is 11.0 Å². The number of aromatic nitrogens is 2. The van der Waals surface area contributed by atoms with Crippen molar-refractivity contribution in [3.8, 4) is 0 Å². The third-order valence-electron chi connectivity index (χ3n) is 6.39. The Balaban J connectivity index is 1.88. The number of hydrogen-bond donors (Lipinski definition) is 1. The molecule has 3 atom stereocenters. The van der Waals surface area contributed by atoms with Crippen molar-refractivity contribution in [3.05, 3.63) is 47.5 Å². The molecular formula is C23H29N3O2S. The van der Waals surface area contributed by atoms with Crippen LogP contribution >= 0.6 is 0 Å². The molecule has 2 aromatic carbocycles. The van der Waals surface area contributed by atoms with E-state index < -0.39 is 10.8 Å². The molecule has 0 aliphatic carbocycles. The SMILES string of the molecule is CCN1c2c(cccc2S(=O)c2nc3ccc(C)cc3[nH]2)C(OC)C(C)(C)C1C. The van der Waals surface area contributed by atoms with Crippen molar-refractivity contribution in [2.24, 2.45) is 5.41 Å². The molecule has 1 N–H and O–H groups in total. The highest BCUT2D eigenvalue weighted by Gasteiger charge is 2.46. The summed E-state index contributed by atoms with van der Waals surface area (Å²) < 4.78 is 19.6. The number of aryl methyl sites for hydroxylation is 1. The zero-order chi connectivity index (χ0) is 20.9. The lowest BCUT2D eigenvalue weighted by Gasteiger charge is -2.51. The summed E-state index contributed by atoms with van der Waals surface area (Å²) in [6.07, 6.45) is -0.0643. The topological polar surface area (TPSA) is 58.2 Å². The molecule has 1 aromatic heterocycles. The number of nitrogens with zero attached hydrogens (tertiary/aromatic N) is 2. The fraction of sp³-hybridized carbons (Fsp3) is 0.435. The number of ether oxygens (including phenoxy) is 1. The second-order valence-electron chi connectivity index (χ2n) is 8.42. The monoisotopic (exact) mass is 411 g/mol. The number of fused-ring (bicyclic) bond motifs is 2. The first-order valence-corrected chi connectivity index (χ1v) is 11.2. The van der Waals surface area contributed by atoms with E-state index in [0.717, 1.165) is 39.3 Å². The van der Waals surface area contributed by atoms with Gasteiger partial charge in [0, 0.05) is 30.7 Å². The quantitative estimate of drug-likeness (QED) is 0.658. The standard InChI is InChI=1S/C23H29N3O2S/c1-7-26-15(3)23(4,5)21(28-6)16-9-8-10-19(20(16)26)29(27)22-24-17-12-11-14(2)13-18(17)25-22/h8-13,15,21H,7H2,1-6H3,(H,24,25). The maximum absolute atomic E-state index is 13.6. The summed E-state index contributed by atoms with van der Waals surface area (Å²) in [5.41, 5.74) is 4.93. The van der Waals surface area contributed by atoms with Gasteiger partial charge in [-0.25, -0.2) is 9.19 Å². The average Bonchev–Trinajstić information content (AvgIpc) is 3.11. The number of rotatable bonds is 4. The van der Waals surface area contributed by atoms with E-state index in [9.17, 15) is 4.21 Å². The number of aromatic amines is 1. The number of imidazole rings is 1. The highest BCUT2D eigenvalue weighted by molar-refractivity contribution is 7.85. The number of para-hydroxylation sites is 1. The van der Waals surface area contributed by atoms with Crippen LogP contribution in [0.4, 0.5) is 5.69 Å². The molecule has 0 radical (unpaired) electrons. The van der Waals surface area contributed by atoms with Crippen molar-refractivity contribution in [2.45, 2.75) is 56.8 Å².